The van der Waals surface area contributed by atoms with Crippen LogP contribution < -0.4 is 5.43 Å². The number of epoxide rings is 1. The number of nitrogens with zero attached hydrogens (tertiary/aromatic N) is 3. The van der Waals surface area contributed by atoms with Crippen molar-refractivity contribution in [3.8, 4) is 5.75 Å². The minimum atomic E-state index is -0.0647. The molecule has 182 valence electrons. The average molecular weight is 465 g/mol. The fourth-order valence-electron chi connectivity index (χ4n) is 5.83. The normalized spacial score (nSPS) is 26.9. The number of morpholine rings is 1. The van der Waals surface area contributed by atoms with Crippen LogP contribution in [0.1, 0.15) is 66.1 Å². The predicted molar refractivity (Wildman–Crippen MR) is 131 cm³/mol. The van der Waals surface area contributed by atoms with E-state index in [0.29, 0.717) is 11.8 Å². The van der Waals surface area contributed by atoms with Gasteiger partial charge in [0.1, 0.15) is 18.1 Å². The highest BCUT2D eigenvalue weighted by atomic mass is 16.6. The monoisotopic (exact) mass is 464 g/mol. The Morgan fingerprint density at radius 2 is 1.88 bits per heavy atom. The van der Waals surface area contributed by atoms with Gasteiger partial charge in [0.05, 0.1) is 24.9 Å². The Balaban J connectivity index is 1.13. The summed E-state index contributed by atoms with van der Waals surface area (Å²) in [6.07, 6.45) is 3.45. The number of aromatic hydroxyl groups is 1. The van der Waals surface area contributed by atoms with Crippen LogP contribution in [0.15, 0.2) is 30.3 Å². The average Bonchev–Trinajstić information content (AvgIpc) is 3.41. The van der Waals surface area contributed by atoms with E-state index in [1.807, 2.05) is 6.07 Å². The Kier molecular flexibility index (Phi) is 5.99. The van der Waals surface area contributed by atoms with Crippen molar-refractivity contribution in [1.29, 1.82) is 0 Å². The lowest BCUT2D eigenvalue weighted by Crippen LogP contribution is -2.35. The van der Waals surface area contributed by atoms with E-state index in [0.717, 1.165) is 63.6 Å². The number of hydrogen-bond acceptors (Lipinski definition) is 7. The van der Waals surface area contributed by atoms with Crippen molar-refractivity contribution in [2.45, 2.75) is 64.2 Å². The molecule has 6 rings (SSSR count). The van der Waals surface area contributed by atoms with Gasteiger partial charge in [-0.2, -0.15) is 0 Å². The summed E-state index contributed by atoms with van der Waals surface area (Å²) in [7, 11) is 2.09. The van der Waals surface area contributed by atoms with Crippen LogP contribution in [0.4, 0.5) is 5.69 Å². The Bertz CT molecular complexity index is 1050. The third kappa shape index (κ3) is 4.20. The summed E-state index contributed by atoms with van der Waals surface area (Å²) >= 11 is 0. The molecule has 0 aromatic heterocycles. The van der Waals surface area contributed by atoms with Crippen molar-refractivity contribution >= 4 is 5.69 Å². The molecule has 0 spiro atoms. The van der Waals surface area contributed by atoms with Gasteiger partial charge in [-0.1, -0.05) is 38.0 Å². The summed E-state index contributed by atoms with van der Waals surface area (Å²) in [4.78, 5) is 4.87. The highest BCUT2D eigenvalue weighted by Gasteiger charge is 2.48. The molecule has 2 saturated heterocycles. The smallest absolute Gasteiger partial charge is 0.143 e. The largest absolute Gasteiger partial charge is 0.507 e. The van der Waals surface area contributed by atoms with Crippen LogP contribution in [0.5, 0.6) is 5.75 Å². The molecule has 2 aromatic rings. The molecule has 2 aromatic carbocycles. The van der Waals surface area contributed by atoms with E-state index in [1.165, 1.54) is 35.1 Å². The maximum atomic E-state index is 10.8. The topological polar surface area (TPSA) is 63.7 Å². The summed E-state index contributed by atoms with van der Waals surface area (Å²) < 4.78 is 11.6. The number of anilines is 1. The number of benzene rings is 2. The van der Waals surface area contributed by atoms with Crippen LogP contribution in [0.25, 0.3) is 0 Å². The van der Waals surface area contributed by atoms with Gasteiger partial charge < -0.3 is 20.0 Å². The Labute approximate surface area is 202 Å². The van der Waals surface area contributed by atoms with E-state index in [1.54, 1.807) is 0 Å². The van der Waals surface area contributed by atoms with Crippen LogP contribution in [0.3, 0.4) is 0 Å². The van der Waals surface area contributed by atoms with Crippen molar-refractivity contribution in [2.24, 2.45) is 0 Å². The molecule has 3 unspecified atom stereocenters. The van der Waals surface area contributed by atoms with Gasteiger partial charge in [-0.25, -0.2) is 5.01 Å². The lowest BCUT2D eigenvalue weighted by Gasteiger charge is -2.26. The Morgan fingerprint density at radius 1 is 1.06 bits per heavy atom. The fourth-order valence-corrected chi connectivity index (χ4v) is 5.83. The summed E-state index contributed by atoms with van der Waals surface area (Å²) in [5.74, 6) is 0.327. The number of hydrazine groups is 1. The molecule has 4 heterocycles. The molecule has 3 atom stereocenters. The number of unbranched alkanes of at least 4 members (excludes halogenated alkanes) is 1. The first-order chi connectivity index (χ1) is 16.6. The number of hydrogen-bond donors (Lipinski definition) is 2. The third-order valence-corrected chi connectivity index (χ3v) is 7.82. The van der Waals surface area contributed by atoms with E-state index in [2.05, 4.69) is 58.5 Å². The summed E-state index contributed by atoms with van der Waals surface area (Å²) in [6, 6.07) is 11.3. The maximum absolute atomic E-state index is 10.8. The van der Waals surface area contributed by atoms with Gasteiger partial charge in [0, 0.05) is 51.4 Å². The van der Waals surface area contributed by atoms with E-state index < -0.39 is 0 Å². The maximum Gasteiger partial charge on any atom is 0.143 e. The van der Waals surface area contributed by atoms with Gasteiger partial charge >= 0.3 is 0 Å². The molecule has 34 heavy (non-hydrogen) atoms. The van der Waals surface area contributed by atoms with Gasteiger partial charge in [0.2, 0.25) is 0 Å². The Morgan fingerprint density at radius 3 is 2.71 bits per heavy atom. The molecule has 7 heteroatoms. The SMILES string of the molecule is CCCCC1c2cc(C3OC3N3Cc4ccc(CN5CCOCC5)cc4C3)c(O)cc2NN1C. The standard InChI is InChI=1S/C27H36N4O3/c1-3-4-5-24-21-13-22(25(32)14-23(21)28-29(24)2)26-27(34-26)31-16-19-7-6-18(12-20(19)17-31)15-30-8-10-33-11-9-30/h6-7,12-14,24,26-28,32H,3-5,8-11,15-17H2,1-2H3. The van der Waals surface area contributed by atoms with Crippen molar-refractivity contribution in [3.05, 3.63) is 58.1 Å². The minimum Gasteiger partial charge on any atom is -0.507 e. The van der Waals surface area contributed by atoms with Crippen molar-refractivity contribution in [3.63, 3.8) is 0 Å². The number of phenolic OH excluding ortho intramolecular Hbond substituents is 1. The number of rotatable bonds is 7. The van der Waals surface area contributed by atoms with Gasteiger partial charge in [-0.15, -0.1) is 0 Å². The number of nitrogens with one attached hydrogen (secondary N) is 1. The van der Waals surface area contributed by atoms with Crippen LogP contribution >= 0.6 is 0 Å². The van der Waals surface area contributed by atoms with Crippen LogP contribution in [-0.4, -0.2) is 59.5 Å². The van der Waals surface area contributed by atoms with E-state index in [4.69, 9.17) is 9.47 Å². The van der Waals surface area contributed by atoms with Crippen molar-refractivity contribution in [1.82, 2.24) is 14.8 Å². The molecule has 4 aliphatic rings. The van der Waals surface area contributed by atoms with E-state index in [9.17, 15) is 5.11 Å². The molecule has 2 N–H and O–H groups in total. The van der Waals surface area contributed by atoms with Gasteiger partial charge in [-0.05, 0) is 34.7 Å². The second-order valence-electron chi connectivity index (χ2n) is 10.2. The number of ether oxygens (including phenoxy) is 2. The zero-order chi connectivity index (χ0) is 23.2. The van der Waals surface area contributed by atoms with Crippen LogP contribution in [0.2, 0.25) is 0 Å². The highest BCUT2D eigenvalue weighted by molar-refractivity contribution is 5.62. The second-order valence-corrected chi connectivity index (χ2v) is 10.2. The zero-order valence-corrected chi connectivity index (χ0v) is 20.3. The molecule has 0 aliphatic carbocycles. The summed E-state index contributed by atoms with van der Waals surface area (Å²) in [5.41, 5.74) is 10.8. The quantitative estimate of drug-likeness (QED) is 0.597. The predicted octanol–water partition coefficient (Wildman–Crippen LogP) is 4.14. The van der Waals surface area contributed by atoms with Crippen LogP contribution in [0, 0.1) is 0 Å². The molecule has 2 fully saturated rings. The van der Waals surface area contributed by atoms with Crippen LogP contribution in [-0.2, 0) is 29.1 Å². The van der Waals surface area contributed by atoms with Crippen molar-refractivity contribution in [2.75, 3.05) is 38.8 Å². The summed E-state index contributed by atoms with van der Waals surface area (Å²) in [6.45, 7) is 8.72. The first kappa shape index (κ1) is 22.3. The van der Waals surface area contributed by atoms with Crippen molar-refractivity contribution < 1.29 is 14.6 Å². The van der Waals surface area contributed by atoms with Gasteiger partial charge in [0.25, 0.3) is 0 Å². The first-order valence-electron chi connectivity index (χ1n) is 12.8. The second kappa shape index (κ2) is 9.13. The third-order valence-electron chi connectivity index (χ3n) is 7.82. The lowest BCUT2D eigenvalue weighted by atomic mass is 9.97. The summed E-state index contributed by atoms with van der Waals surface area (Å²) in [5, 5.41) is 13.0. The molecule has 0 saturated carbocycles. The number of phenols is 1. The minimum absolute atomic E-state index is 0.0280. The highest BCUT2D eigenvalue weighted by Crippen LogP contribution is 2.50. The number of fused-ring (bicyclic) bond motifs is 2. The zero-order valence-electron chi connectivity index (χ0n) is 20.3. The molecule has 0 radical (unpaired) electrons. The van der Waals surface area contributed by atoms with Gasteiger partial charge in [-0.3, -0.25) is 9.80 Å². The van der Waals surface area contributed by atoms with E-state index >= 15 is 0 Å². The lowest BCUT2D eigenvalue weighted by molar-refractivity contribution is 0.0342. The molecular formula is C27H36N4O3. The first-order valence-corrected chi connectivity index (χ1v) is 12.8. The fraction of sp³-hybridized carbons (Fsp3) is 0.556. The molecular weight excluding hydrogens is 428 g/mol. The molecule has 4 aliphatic heterocycles. The van der Waals surface area contributed by atoms with Gasteiger partial charge in [0.15, 0.2) is 0 Å². The molecule has 0 bridgehead atoms. The van der Waals surface area contributed by atoms with E-state index in [-0.39, 0.29) is 12.3 Å². The molecule has 0 amide bonds. The Hall–Kier alpha value is -2.16. The molecule has 7 nitrogen and oxygen atoms in total.